The van der Waals surface area contributed by atoms with Gasteiger partial charge in [0.25, 0.3) is 0 Å². The van der Waals surface area contributed by atoms with E-state index in [1.807, 2.05) is 0 Å². The van der Waals surface area contributed by atoms with Crippen LogP contribution in [0, 0.1) is 11.7 Å². The van der Waals surface area contributed by atoms with E-state index in [0.29, 0.717) is 5.56 Å². The summed E-state index contributed by atoms with van der Waals surface area (Å²) in [6.07, 6.45) is -0.103. The van der Waals surface area contributed by atoms with Crippen LogP contribution >= 0.6 is 0 Å². The van der Waals surface area contributed by atoms with Gasteiger partial charge in [0.15, 0.2) is 0 Å². The fraction of sp³-hybridized carbons (Fsp3) is 0.474. The van der Waals surface area contributed by atoms with Gasteiger partial charge < -0.3 is 20.1 Å². The first-order valence-corrected chi connectivity index (χ1v) is 8.64. The van der Waals surface area contributed by atoms with Crippen LogP contribution in [0.4, 0.5) is 4.39 Å². The van der Waals surface area contributed by atoms with Gasteiger partial charge in [-0.05, 0) is 23.6 Å². The maximum atomic E-state index is 13.4. The minimum absolute atomic E-state index is 0.0163. The summed E-state index contributed by atoms with van der Waals surface area (Å²) in [6.45, 7) is 2.82. The summed E-state index contributed by atoms with van der Waals surface area (Å²) in [6, 6.07) is 3.45. The van der Waals surface area contributed by atoms with Gasteiger partial charge in [-0.3, -0.25) is 14.4 Å². The molecule has 3 atom stereocenters. The third kappa shape index (κ3) is 7.34. The van der Waals surface area contributed by atoms with Crippen molar-refractivity contribution < 1.29 is 33.0 Å². The number of rotatable bonds is 9. The van der Waals surface area contributed by atoms with Gasteiger partial charge in [0.2, 0.25) is 11.8 Å². The number of nitrogens with one attached hydrogen (secondary N) is 2. The average Bonchev–Trinajstić information content (AvgIpc) is 2.64. The number of hydrogen-bond donors (Lipinski definition) is 2. The largest absolute Gasteiger partial charge is 0.469 e. The molecule has 0 aromatic heterocycles. The van der Waals surface area contributed by atoms with Crippen LogP contribution < -0.4 is 10.6 Å². The SMILES string of the molecule is COC(=O)C[C@@H](C)[C@@H](NC(=O)[C@H](Cc1cccc(F)c1)NC(C)=O)C(=O)OC. The van der Waals surface area contributed by atoms with E-state index in [4.69, 9.17) is 4.74 Å². The predicted octanol–water partition coefficient (Wildman–Crippen LogP) is 0.730. The molecule has 0 aliphatic heterocycles. The fourth-order valence-electron chi connectivity index (χ4n) is 2.63. The molecule has 0 aliphatic rings. The van der Waals surface area contributed by atoms with Gasteiger partial charge >= 0.3 is 11.9 Å². The first-order chi connectivity index (χ1) is 13.2. The van der Waals surface area contributed by atoms with Gasteiger partial charge in [0, 0.05) is 13.3 Å². The van der Waals surface area contributed by atoms with Crippen LogP contribution in [0.1, 0.15) is 25.8 Å². The van der Waals surface area contributed by atoms with Crippen molar-refractivity contribution in [3.63, 3.8) is 0 Å². The number of hydrogen-bond acceptors (Lipinski definition) is 6. The molecule has 0 saturated carbocycles. The Hall–Kier alpha value is -2.97. The zero-order valence-electron chi connectivity index (χ0n) is 16.3. The van der Waals surface area contributed by atoms with Gasteiger partial charge in [-0.2, -0.15) is 0 Å². The van der Waals surface area contributed by atoms with Crippen molar-refractivity contribution in [1.29, 1.82) is 0 Å². The molecular weight excluding hydrogens is 371 g/mol. The summed E-state index contributed by atoms with van der Waals surface area (Å²) in [7, 11) is 2.37. The molecule has 8 nitrogen and oxygen atoms in total. The van der Waals surface area contributed by atoms with Crippen LogP contribution in [-0.2, 0) is 35.1 Å². The molecular formula is C19H25FN2O6. The molecule has 0 aliphatic carbocycles. The van der Waals surface area contributed by atoms with Crippen molar-refractivity contribution in [2.75, 3.05) is 14.2 Å². The third-order valence-corrected chi connectivity index (χ3v) is 4.06. The number of ether oxygens (including phenoxy) is 2. The molecule has 2 amide bonds. The van der Waals surface area contributed by atoms with Gasteiger partial charge in [-0.25, -0.2) is 9.18 Å². The Balaban J connectivity index is 2.98. The van der Waals surface area contributed by atoms with Crippen LogP contribution in [0.3, 0.4) is 0 Å². The molecule has 154 valence electrons. The molecule has 0 saturated heterocycles. The highest BCUT2D eigenvalue weighted by atomic mass is 19.1. The van der Waals surface area contributed by atoms with E-state index in [1.165, 1.54) is 32.2 Å². The molecule has 0 spiro atoms. The number of carbonyl (C=O) groups is 4. The topological polar surface area (TPSA) is 111 Å². The molecule has 1 aromatic rings. The van der Waals surface area contributed by atoms with E-state index in [1.54, 1.807) is 13.0 Å². The van der Waals surface area contributed by atoms with Gasteiger partial charge in [0.1, 0.15) is 17.9 Å². The normalized spacial score (nSPS) is 13.6. The maximum Gasteiger partial charge on any atom is 0.328 e. The van der Waals surface area contributed by atoms with E-state index in [-0.39, 0.29) is 12.8 Å². The van der Waals surface area contributed by atoms with E-state index in [0.717, 1.165) is 7.11 Å². The van der Waals surface area contributed by atoms with Crippen molar-refractivity contribution in [1.82, 2.24) is 10.6 Å². The van der Waals surface area contributed by atoms with Gasteiger partial charge in [-0.1, -0.05) is 19.1 Å². The summed E-state index contributed by atoms with van der Waals surface area (Å²) < 4.78 is 22.7. The number of esters is 2. The smallest absolute Gasteiger partial charge is 0.328 e. The van der Waals surface area contributed by atoms with Crippen LogP contribution in [0.2, 0.25) is 0 Å². The second-order valence-electron chi connectivity index (χ2n) is 6.35. The van der Waals surface area contributed by atoms with Crippen LogP contribution in [-0.4, -0.2) is 50.1 Å². The lowest BCUT2D eigenvalue weighted by Crippen LogP contribution is -2.54. The average molecular weight is 396 g/mol. The number of methoxy groups -OCH3 is 2. The molecule has 0 heterocycles. The standard InChI is InChI=1S/C19H25FN2O6/c1-11(8-16(24)27-3)17(19(26)28-4)22-18(25)15(21-12(2)23)10-13-6-5-7-14(20)9-13/h5-7,9,11,15,17H,8,10H2,1-4H3,(H,21,23)(H,22,25)/t11-,15+,17-/m1/s1. The molecule has 2 N–H and O–H groups in total. The Labute approximate surface area is 162 Å². The van der Waals surface area contributed by atoms with Crippen molar-refractivity contribution in [3.05, 3.63) is 35.6 Å². The van der Waals surface area contributed by atoms with E-state index >= 15 is 0 Å². The van der Waals surface area contributed by atoms with E-state index < -0.39 is 47.6 Å². The van der Waals surface area contributed by atoms with Crippen molar-refractivity contribution in [2.45, 2.75) is 38.8 Å². The molecule has 0 fully saturated rings. The quantitative estimate of drug-likeness (QED) is 0.596. The van der Waals surface area contributed by atoms with E-state index in [9.17, 15) is 23.6 Å². The summed E-state index contributed by atoms with van der Waals surface area (Å²) in [5.41, 5.74) is 0.492. The molecule has 1 aromatic carbocycles. The minimum atomic E-state index is -1.12. The fourth-order valence-corrected chi connectivity index (χ4v) is 2.63. The maximum absolute atomic E-state index is 13.4. The van der Waals surface area contributed by atoms with Crippen molar-refractivity contribution in [2.24, 2.45) is 5.92 Å². The monoisotopic (exact) mass is 396 g/mol. The lowest BCUT2D eigenvalue weighted by Gasteiger charge is -2.25. The molecule has 28 heavy (non-hydrogen) atoms. The Bertz CT molecular complexity index is 724. The van der Waals surface area contributed by atoms with E-state index in [2.05, 4.69) is 15.4 Å². The second-order valence-corrected chi connectivity index (χ2v) is 6.35. The summed E-state index contributed by atoms with van der Waals surface area (Å²) >= 11 is 0. The van der Waals surface area contributed by atoms with Crippen LogP contribution in [0.5, 0.6) is 0 Å². The Morgan fingerprint density at radius 2 is 1.79 bits per heavy atom. The highest BCUT2D eigenvalue weighted by molar-refractivity contribution is 5.90. The zero-order chi connectivity index (χ0) is 21.3. The predicted molar refractivity (Wildman–Crippen MR) is 97.5 cm³/mol. The van der Waals surface area contributed by atoms with Crippen LogP contribution in [0.25, 0.3) is 0 Å². The Morgan fingerprint density at radius 1 is 1.11 bits per heavy atom. The van der Waals surface area contributed by atoms with Crippen LogP contribution in [0.15, 0.2) is 24.3 Å². The first-order valence-electron chi connectivity index (χ1n) is 8.64. The molecule has 0 radical (unpaired) electrons. The van der Waals surface area contributed by atoms with Crippen molar-refractivity contribution in [3.8, 4) is 0 Å². The summed E-state index contributed by atoms with van der Waals surface area (Å²) in [5.74, 6) is -3.50. The summed E-state index contributed by atoms with van der Waals surface area (Å²) in [5, 5.41) is 4.99. The minimum Gasteiger partial charge on any atom is -0.469 e. The number of benzene rings is 1. The molecule has 9 heteroatoms. The number of amides is 2. The lowest BCUT2D eigenvalue weighted by molar-refractivity contribution is -0.148. The second kappa shape index (κ2) is 11.0. The molecule has 1 rings (SSSR count). The summed E-state index contributed by atoms with van der Waals surface area (Å²) in [4.78, 5) is 47.8. The highest BCUT2D eigenvalue weighted by Gasteiger charge is 2.32. The first kappa shape index (κ1) is 23.1. The Morgan fingerprint density at radius 3 is 2.32 bits per heavy atom. The van der Waals surface area contributed by atoms with Crippen molar-refractivity contribution >= 4 is 23.8 Å². The molecule has 0 bridgehead atoms. The zero-order valence-corrected chi connectivity index (χ0v) is 16.3. The van der Waals surface area contributed by atoms with Gasteiger partial charge in [-0.15, -0.1) is 0 Å². The lowest BCUT2D eigenvalue weighted by atomic mass is 9.97. The highest BCUT2D eigenvalue weighted by Crippen LogP contribution is 2.13. The van der Waals surface area contributed by atoms with Gasteiger partial charge in [0.05, 0.1) is 20.6 Å². The Kier molecular flexibility index (Phi) is 9.07. The number of carbonyl (C=O) groups excluding carboxylic acids is 4. The third-order valence-electron chi connectivity index (χ3n) is 4.06. The number of halogens is 1. The molecule has 0 unspecified atom stereocenters.